The number of nitrogens with one attached hydrogen (secondary N) is 3. The van der Waals surface area contributed by atoms with Gasteiger partial charge in [0.25, 0.3) is 0 Å². The first-order valence-electron chi connectivity index (χ1n) is 9.65. The van der Waals surface area contributed by atoms with Gasteiger partial charge in [-0.25, -0.2) is 5.43 Å². The van der Waals surface area contributed by atoms with Crippen molar-refractivity contribution in [2.24, 2.45) is 5.41 Å². The minimum Gasteiger partial charge on any atom is -0.351 e. The lowest BCUT2D eigenvalue weighted by Crippen LogP contribution is -2.74. The van der Waals surface area contributed by atoms with E-state index in [1.807, 2.05) is 72.3 Å². The predicted octanol–water partition coefficient (Wildman–Crippen LogP) is 1.99. The van der Waals surface area contributed by atoms with Gasteiger partial charge in [0, 0.05) is 13.8 Å². The average Bonchev–Trinajstić information content (AvgIpc) is 3.04. The fourth-order valence-corrected chi connectivity index (χ4v) is 2.65. The molecule has 0 amide bonds. The van der Waals surface area contributed by atoms with Crippen molar-refractivity contribution in [1.29, 1.82) is 0 Å². The van der Waals surface area contributed by atoms with Crippen molar-refractivity contribution < 1.29 is 15.0 Å². The molecule has 1 aliphatic heterocycles. The molecular formula is C23H65N5S+4. The van der Waals surface area contributed by atoms with Gasteiger partial charge in [0.15, 0.2) is 13.3 Å². The molecule has 1 fully saturated rings. The number of hydrazone groups is 1. The van der Waals surface area contributed by atoms with Gasteiger partial charge in [0.1, 0.15) is 11.5 Å². The monoisotopic (exact) mass is 443 g/mol. The minimum atomic E-state index is 0. The summed E-state index contributed by atoms with van der Waals surface area (Å²) >= 11 is 0. The first kappa shape index (κ1) is 46.5. The lowest BCUT2D eigenvalue weighted by atomic mass is 10.0. The Bertz CT molecular complexity index is 294. The Kier molecular flexibility index (Phi) is 55.6. The average molecular weight is 444 g/mol. The fraction of sp³-hybridized carbons (Fsp3) is 0.913. The summed E-state index contributed by atoms with van der Waals surface area (Å²) in [4.78, 5) is 2.92. The summed E-state index contributed by atoms with van der Waals surface area (Å²) in [5.41, 5.74) is 3.39. The number of hydrogen-bond donors (Lipinski definition) is 4. The molecule has 1 heterocycles. The SMILES string of the molecule is C.C.C.C/C=[N+](\C)NC.CC(C)(C)C.CNC(C)=[NH+]C.C[NH2+]C.C[S+]1CCCC1. The second kappa shape index (κ2) is 34.7. The van der Waals surface area contributed by atoms with Crippen LogP contribution in [0.2, 0.25) is 0 Å². The summed E-state index contributed by atoms with van der Waals surface area (Å²) in [7, 11) is 12.4. The van der Waals surface area contributed by atoms with Gasteiger partial charge in [-0.15, -0.1) is 4.68 Å². The van der Waals surface area contributed by atoms with Crippen molar-refractivity contribution >= 4 is 22.9 Å². The number of quaternary nitrogens is 1. The van der Waals surface area contributed by atoms with E-state index in [1.54, 1.807) is 0 Å². The third-order valence-corrected chi connectivity index (χ3v) is 4.70. The zero-order chi connectivity index (χ0) is 21.6. The molecule has 1 aliphatic rings. The van der Waals surface area contributed by atoms with Crippen LogP contribution in [-0.4, -0.2) is 76.8 Å². The van der Waals surface area contributed by atoms with E-state index in [-0.39, 0.29) is 22.3 Å². The highest BCUT2D eigenvalue weighted by atomic mass is 32.2. The Morgan fingerprint density at radius 1 is 1.03 bits per heavy atom. The Balaban J connectivity index is -0.0000000413. The molecule has 29 heavy (non-hydrogen) atoms. The molecule has 0 unspecified atom stereocenters. The van der Waals surface area contributed by atoms with E-state index in [1.165, 1.54) is 24.3 Å². The number of nitrogens with two attached hydrogens (primary N) is 1. The number of hydrazine groups is 1. The molecular weight excluding hydrogens is 378 g/mol. The van der Waals surface area contributed by atoms with Crippen LogP contribution in [0.25, 0.3) is 0 Å². The normalized spacial score (nSPS) is 12.7. The molecule has 1 saturated heterocycles. The second-order valence-corrected chi connectivity index (χ2v) is 10.1. The summed E-state index contributed by atoms with van der Waals surface area (Å²) in [5, 5.41) is 4.92. The van der Waals surface area contributed by atoms with E-state index in [4.69, 9.17) is 0 Å². The number of hydrogen-bond acceptors (Lipinski definition) is 1. The van der Waals surface area contributed by atoms with E-state index >= 15 is 0 Å². The van der Waals surface area contributed by atoms with Crippen LogP contribution in [0, 0.1) is 5.41 Å². The third-order valence-electron chi connectivity index (χ3n) is 2.73. The van der Waals surface area contributed by atoms with Crippen molar-refractivity contribution in [2.45, 2.75) is 76.7 Å². The molecule has 0 bridgehead atoms. The van der Waals surface area contributed by atoms with Gasteiger partial charge in [-0.1, -0.05) is 50.0 Å². The summed E-state index contributed by atoms with van der Waals surface area (Å²) in [6.07, 6.45) is 7.31. The zero-order valence-electron chi connectivity index (χ0n) is 20.3. The van der Waals surface area contributed by atoms with Gasteiger partial charge in [-0.2, -0.15) is 0 Å². The molecule has 0 atom stereocenters. The molecule has 0 spiro atoms. The molecule has 0 saturated carbocycles. The Hall–Kier alpha value is -0.750. The van der Waals surface area contributed by atoms with Crippen molar-refractivity contribution in [1.82, 2.24) is 10.7 Å². The summed E-state index contributed by atoms with van der Waals surface area (Å²) in [6.45, 7) is 12.7. The molecule has 184 valence electrons. The molecule has 0 aliphatic carbocycles. The standard InChI is InChI=1S/C5H11S.C5H12.C4H11N2.C4H10N2.C2H7N.3CH4/c1-6-4-2-3-5-6;1-5(2,3)4;1-4-6(3)5-2;1-4(5-2)6-3;1-3-2;;;/h2-5H2,1H3;1-4H3;4-5H,1-3H3;1-3H3,(H,5,6);3H,1-2H3;3*1H4/q+1;;+1;;;;;/p+2/b;;6-4+;;;;;. The topological polar surface area (TPSA) is 57.6 Å². The molecule has 5 nitrogen and oxygen atoms in total. The maximum Gasteiger partial charge on any atom is 0.238 e. The minimum absolute atomic E-state index is 0. The van der Waals surface area contributed by atoms with Crippen LogP contribution in [0.3, 0.4) is 0 Å². The maximum absolute atomic E-state index is 2.92. The maximum atomic E-state index is 2.92. The Morgan fingerprint density at radius 3 is 1.38 bits per heavy atom. The number of rotatable bonds is 1. The first-order valence-corrected chi connectivity index (χ1v) is 11.6. The fourth-order valence-electron chi connectivity index (χ4n) is 1.05. The zero-order valence-corrected chi connectivity index (χ0v) is 21.2. The molecule has 0 aromatic heterocycles. The number of nitrogens with zero attached hydrogens (tertiary/aromatic N) is 1. The van der Waals surface area contributed by atoms with E-state index in [9.17, 15) is 0 Å². The van der Waals surface area contributed by atoms with Gasteiger partial charge in [-0.05, 0) is 29.2 Å². The first-order chi connectivity index (χ1) is 11.9. The van der Waals surface area contributed by atoms with Crippen molar-refractivity contribution in [3.8, 4) is 0 Å². The van der Waals surface area contributed by atoms with Crippen LogP contribution < -0.4 is 21.1 Å². The molecule has 0 aromatic carbocycles. The quantitative estimate of drug-likeness (QED) is 0.165. The molecule has 0 radical (unpaired) electrons. The van der Waals surface area contributed by atoms with Gasteiger partial charge in [0.2, 0.25) is 5.84 Å². The van der Waals surface area contributed by atoms with E-state index in [0.717, 1.165) is 16.7 Å². The molecule has 0 aromatic rings. The lowest BCUT2D eigenvalue weighted by molar-refractivity contribution is -0.597. The predicted molar refractivity (Wildman–Crippen MR) is 145 cm³/mol. The Morgan fingerprint density at radius 2 is 1.34 bits per heavy atom. The molecule has 1 rings (SSSR count). The van der Waals surface area contributed by atoms with Crippen LogP contribution in [0.15, 0.2) is 0 Å². The summed E-state index contributed by atoms with van der Waals surface area (Å²) < 4.78 is 1.88. The van der Waals surface area contributed by atoms with Crippen LogP contribution in [-0.2, 0) is 10.9 Å². The summed E-state index contributed by atoms with van der Waals surface area (Å²) in [6, 6.07) is 0. The highest BCUT2D eigenvalue weighted by Crippen LogP contribution is 2.09. The lowest BCUT2D eigenvalue weighted by Gasteiger charge is -2.05. The highest BCUT2D eigenvalue weighted by molar-refractivity contribution is 7.96. The van der Waals surface area contributed by atoms with Crippen LogP contribution in [0.4, 0.5) is 0 Å². The van der Waals surface area contributed by atoms with Crippen LogP contribution >= 0.6 is 0 Å². The van der Waals surface area contributed by atoms with E-state index in [0.29, 0.717) is 5.41 Å². The van der Waals surface area contributed by atoms with E-state index < -0.39 is 0 Å². The van der Waals surface area contributed by atoms with E-state index in [2.05, 4.69) is 49.7 Å². The second-order valence-electron chi connectivity index (χ2n) is 7.69. The van der Waals surface area contributed by atoms with Crippen molar-refractivity contribution in [3.05, 3.63) is 0 Å². The molecule has 5 N–H and O–H groups in total. The smallest absolute Gasteiger partial charge is 0.238 e. The van der Waals surface area contributed by atoms with Crippen LogP contribution in [0.1, 0.15) is 76.7 Å². The van der Waals surface area contributed by atoms with Gasteiger partial charge in [-0.3, -0.25) is 10.3 Å². The summed E-state index contributed by atoms with van der Waals surface area (Å²) in [5.74, 6) is 4.12. The van der Waals surface area contributed by atoms with Gasteiger partial charge in [0.05, 0.1) is 41.5 Å². The van der Waals surface area contributed by atoms with Gasteiger partial charge < -0.3 is 5.32 Å². The molecule has 6 heteroatoms. The van der Waals surface area contributed by atoms with Crippen molar-refractivity contribution in [2.75, 3.05) is 60.0 Å². The van der Waals surface area contributed by atoms with Gasteiger partial charge >= 0.3 is 0 Å². The number of amidine groups is 1. The Labute approximate surface area is 191 Å². The van der Waals surface area contributed by atoms with Crippen molar-refractivity contribution in [3.63, 3.8) is 0 Å². The largest absolute Gasteiger partial charge is 0.351 e. The third kappa shape index (κ3) is 85.6. The van der Waals surface area contributed by atoms with Crippen LogP contribution in [0.5, 0.6) is 0 Å². The highest BCUT2D eigenvalue weighted by Gasteiger charge is 2.16.